The van der Waals surface area contributed by atoms with Crippen molar-refractivity contribution in [2.45, 2.75) is 13.8 Å². The zero-order valence-electron chi connectivity index (χ0n) is 14.2. The lowest BCUT2D eigenvalue weighted by molar-refractivity contribution is 0.174. The lowest BCUT2D eigenvalue weighted by Crippen LogP contribution is -2.19. The number of nitrogens with zero attached hydrogens (tertiary/aromatic N) is 4. The summed E-state index contributed by atoms with van der Waals surface area (Å²) in [6, 6.07) is 4.77. The number of aryl methyl sites for hydroxylation is 1. The van der Waals surface area contributed by atoms with Crippen LogP contribution < -0.4 is 20.1 Å². The molecule has 2 N–H and O–H groups in total. The normalized spacial score (nSPS) is 12.1. The zero-order chi connectivity index (χ0) is 18.1. The molecule has 9 heteroatoms. The first-order valence-electron chi connectivity index (χ1n) is 7.91. The Balaban J connectivity index is 1.42. The summed E-state index contributed by atoms with van der Waals surface area (Å²) in [5.74, 6) is 1.75. The fourth-order valence-electron chi connectivity index (χ4n) is 2.48. The van der Waals surface area contributed by atoms with E-state index >= 15 is 0 Å². The van der Waals surface area contributed by atoms with Crippen LogP contribution in [0.2, 0.25) is 0 Å². The van der Waals surface area contributed by atoms with Gasteiger partial charge in [0.1, 0.15) is 6.33 Å². The van der Waals surface area contributed by atoms with Crippen LogP contribution in [0, 0.1) is 13.8 Å². The van der Waals surface area contributed by atoms with Crippen molar-refractivity contribution in [2.24, 2.45) is 0 Å². The van der Waals surface area contributed by atoms with Gasteiger partial charge >= 0.3 is 6.03 Å². The Kier molecular flexibility index (Phi) is 3.88. The van der Waals surface area contributed by atoms with Gasteiger partial charge in [0.05, 0.1) is 23.8 Å². The maximum Gasteiger partial charge on any atom is 0.323 e. The third-order valence-corrected chi connectivity index (χ3v) is 3.99. The van der Waals surface area contributed by atoms with Gasteiger partial charge in [0, 0.05) is 17.4 Å². The van der Waals surface area contributed by atoms with Gasteiger partial charge in [-0.1, -0.05) is 0 Å². The monoisotopic (exact) mass is 352 g/mol. The second-order valence-corrected chi connectivity index (χ2v) is 5.70. The summed E-state index contributed by atoms with van der Waals surface area (Å²) in [7, 11) is 0. The maximum atomic E-state index is 12.1. The molecule has 0 unspecified atom stereocenters. The van der Waals surface area contributed by atoms with Crippen molar-refractivity contribution < 1.29 is 14.3 Å². The van der Waals surface area contributed by atoms with Gasteiger partial charge in [-0.05, 0) is 26.0 Å². The van der Waals surface area contributed by atoms with Crippen LogP contribution in [-0.4, -0.2) is 32.3 Å². The van der Waals surface area contributed by atoms with Crippen molar-refractivity contribution >= 4 is 17.4 Å². The number of anilines is 2. The minimum Gasteiger partial charge on any atom is -0.454 e. The molecule has 0 aliphatic carbocycles. The first kappa shape index (κ1) is 15.9. The van der Waals surface area contributed by atoms with Crippen molar-refractivity contribution in [3.05, 3.63) is 48.3 Å². The fourth-order valence-corrected chi connectivity index (χ4v) is 2.48. The van der Waals surface area contributed by atoms with E-state index < -0.39 is 6.03 Å². The topological polar surface area (TPSA) is 103 Å². The molecule has 1 aromatic carbocycles. The standard InChI is InChI=1S/C17H16N6O3/c1-10-11(2)23(8-20-10)16-18-6-13(7-19-16)22-17(24)21-12-3-4-14-15(5-12)26-9-25-14/h3-8H,9H2,1-2H3,(H2,21,22,24). The third kappa shape index (κ3) is 3.02. The van der Waals surface area contributed by atoms with Crippen LogP contribution in [-0.2, 0) is 0 Å². The summed E-state index contributed by atoms with van der Waals surface area (Å²) < 4.78 is 12.3. The zero-order valence-corrected chi connectivity index (χ0v) is 14.2. The molecule has 3 heterocycles. The highest BCUT2D eigenvalue weighted by molar-refractivity contribution is 5.99. The lowest BCUT2D eigenvalue weighted by atomic mass is 10.3. The molecule has 1 aliphatic rings. The number of nitrogens with one attached hydrogen (secondary N) is 2. The second kappa shape index (κ2) is 6.36. The van der Waals surface area contributed by atoms with Crippen molar-refractivity contribution in [2.75, 3.05) is 17.4 Å². The van der Waals surface area contributed by atoms with E-state index in [2.05, 4.69) is 25.6 Å². The maximum absolute atomic E-state index is 12.1. The van der Waals surface area contributed by atoms with E-state index in [1.165, 1.54) is 12.4 Å². The molecule has 4 rings (SSSR count). The number of hydrogen-bond acceptors (Lipinski definition) is 6. The predicted octanol–water partition coefficient (Wildman–Crippen LogP) is 2.65. The molecule has 0 saturated carbocycles. The Morgan fingerprint density at radius 1 is 1.04 bits per heavy atom. The fraction of sp³-hybridized carbons (Fsp3) is 0.176. The van der Waals surface area contributed by atoms with E-state index in [1.54, 1.807) is 29.1 Å². The molecule has 0 bridgehead atoms. The van der Waals surface area contributed by atoms with E-state index in [4.69, 9.17) is 9.47 Å². The highest BCUT2D eigenvalue weighted by Crippen LogP contribution is 2.34. The molecular formula is C17H16N6O3. The summed E-state index contributed by atoms with van der Waals surface area (Å²) in [6.07, 6.45) is 4.74. The molecule has 9 nitrogen and oxygen atoms in total. The number of rotatable bonds is 3. The number of hydrogen-bond donors (Lipinski definition) is 2. The van der Waals surface area contributed by atoms with Crippen LogP contribution >= 0.6 is 0 Å². The van der Waals surface area contributed by atoms with Crippen LogP contribution in [0.1, 0.15) is 11.4 Å². The summed E-state index contributed by atoms with van der Waals surface area (Å²) in [6.45, 7) is 4.05. The third-order valence-electron chi connectivity index (χ3n) is 3.99. The minimum absolute atomic E-state index is 0.185. The SMILES string of the molecule is Cc1ncn(-c2ncc(NC(=O)Nc3ccc4c(c3)OCO4)cn2)c1C. The summed E-state index contributed by atoms with van der Waals surface area (Å²) in [4.78, 5) is 24.9. The number of aromatic nitrogens is 4. The summed E-state index contributed by atoms with van der Waals surface area (Å²) >= 11 is 0. The molecule has 26 heavy (non-hydrogen) atoms. The van der Waals surface area contributed by atoms with Crippen LogP contribution in [0.3, 0.4) is 0 Å². The number of benzene rings is 1. The van der Waals surface area contributed by atoms with Crippen molar-refractivity contribution in [1.29, 1.82) is 0 Å². The molecule has 3 aromatic rings. The van der Waals surface area contributed by atoms with Crippen molar-refractivity contribution in [3.8, 4) is 17.4 Å². The molecule has 1 aliphatic heterocycles. The van der Waals surface area contributed by atoms with Gasteiger partial charge in [-0.3, -0.25) is 4.57 Å². The van der Waals surface area contributed by atoms with Gasteiger partial charge in [-0.15, -0.1) is 0 Å². The lowest BCUT2D eigenvalue weighted by Gasteiger charge is -2.09. The first-order valence-corrected chi connectivity index (χ1v) is 7.91. The molecule has 0 atom stereocenters. The average molecular weight is 352 g/mol. The number of carbonyl (C=O) groups excluding carboxylic acids is 1. The van der Waals surface area contributed by atoms with Crippen molar-refractivity contribution in [1.82, 2.24) is 19.5 Å². The summed E-state index contributed by atoms with van der Waals surface area (Å²) in [5.41, 5.74) is 2.94. The Bertz CT molecular complexity index is 967. The Morgan fingerprint density at radius 2 is 1.77 bits per heavy atom. The number of urea groups is 1. The molecule has 0 spiro atoms. The van der Waals surface area contributed by atoms with E-state index in [-0.39, 0.29) is 6.79 Å². The van der Waals surface area contributed by atoms with E-state index in [0.717, 1.165) is 11.4 Å². The highest BCUT2D eigenvalue weighted by atomic mass is 16.7. The van der Waals surface area contributed by atoms with Gasteiger partial charge in [0.2, 0.25) is 12.7 Å². The van der Waals surface area contributed by atoms with E-state index in [9.17, 15) is 4.79 Å². The van der Waals surface area contributed by atoms with Crippen LogP contribution in [0.25, 0.3) is 5.95 Å². The summed E-state index contributed by atoms with van der Waals surface area (Å²) in [5, 5.41) is 5.41. The molecular weight excluding hydrogens is 336 g/mol. The van der Waals surface area contributed by atoms with Gasteiger partial charge < -0.3 is 20.1 Å². The highest BCUT2D eigenvalue weighted by Gasteiger charge is 2.14. The van der Waals surface area contributed by atoms with Gasteiger partial charge in [0.15, 0.2) is 11.5 Å². The number of fused-ring (bicyclic) bond motifs is 1. The molecule has 2 aromatic heterocycles. The van der Waals surface area contributed by atoms with Gasteiger partial charge in [-0.2, -0.15) is 0 Å². The van der Waals surface area contributed by atoms with Crippen LogP contribution in [0.15, 0.2) is 36.9 Å². The molecule has 2 amide bonds. The number of carbonyl (C=O) groups is 1. The Labute approximate surface area is 149 Å². The first-order chi connectivity index (χ1) is 12.6. The van der Waals surface area contributed by atoms with Gasteiger partial charge in [-0.25, -0.2) is 19.7 Å². The van der Waals surface area contributed by atoms with Gasteiger partial charge in [0.25, 0.3) is 0 Å². The minimum atomic E-state index is -0.408. The number of ether oxygens (including phenoxy) is 2. The smallest absolute Gasteiger partial charge is 0.323 e. The average Bonchev–Trinajstić information content (AvgIpc) is 3.22. The van der Waals surface area contributed by atoms with Crippen molar-refractivity contribution in [3.63, 3.8) is 0 Å². The molecule has 132 valence electrons. The number of amides is 2. The largest absolute Gasteiger partial charge is 0.454 e. The molecule has 0 radical (unpaired) electrons. The quantitative estimate of drug-likeness (QED) is 0.751. The Hall–Kier alpha value is -3.62. The van der Waals surface area contributed by atoms with E-state index in [0.29, 0.717) is 28.8 Å². The molecule has 0 saturated heterocycles. The van der Waals surface area contributed by atoms with Crippen LogP contribution in [0.4, 0.5) is 16.2 Å². The predicted molar refractivity (Wildman–Crippen MR) is 93.8 cm³/mol. The number of imidazole rings is 1. The van der Waals surface area contributed by atoms with E-state index in [1.807, 2.05) is 13.8 Å². The Morgan fingerprint density at radius 3 is 2.50 bits per heavy atom. The molecule has 0 fully saturated rings. The van der Waals surface area contributed by atoms with Crippen LogP contribution in [0.5, 0.6) is 11.5 Å². The second-order valence-electron chi connectivity index (χ2n) is 5.70.